The van der Waals surface area contributed by atoms with Gasteiger partial charge in [-0.25, -0.2) is 4.79 Å². The summed E-state index contributed by atoms with van der Waals surface area (Å²) in [4.78, 5) is 12.4. The van der Waals surface area contributed by atoms with Crippen LogP contribution in [0.2, 0.25) is 0 Å². The highest BCUT2D eigenvalue weighted by molar-refractivity contribution is 5.85. The number of phenolic OH excluding ortho intramolecular Hbond substituents is 1. The molecule has 2 N–H and O–H groups in total. The fourth-order valence-electron chi connectivity index (χ4n) is 2.42. The second-order valence-electron chi connectivity index (χ2n) is 5.01. The molecule has 1 saturated carbocycles. The van der Waals surface area contributed by atoms with E-state index in [-0.39, 0.29) is 18.3 Å². The number of phenols is 1. The van der Waals surface area contributed by atoms with Crippen molar-refractivity contribution in [1.29, 1.82) is 0 Å². The Labute approximate surface area is 111 Å². The summed E-state index contributed by atoms with van der Waals surface area (Å²) >= 11 is 0. The SMILES string of the molecule is CCOC(=O)C1(NC2CC2)COc2cc(O)ccc21. The molecule has 19 heavy (non-hydrogen) atoms. The fourth-order valence-corrected chi connectivity index (χ4v) is 2.42. The molecule has 3 rings (SSSR count). The third-order valence-corrected chi connectivity index (χ3v) is 3.52. The molecule has 102 valence electrons. The van der Waals surface area contributed by atoms with Gasteiger partial charge in [-0.2, -0.15) is 0 Å². The fraction of sp³-hybridized carbons (Fsp3) is 0.500. The Morgan fingerprint density at radius 2 is 2.37 bits per heavy atom. The van der Waals surface area contributed by atoms with Gasteiger partial charge in [-0.05, 0) is 31.9 Å². The molecule has 0 amide bonds. The number of nitrogens with one attached hydrogen (secondary N) is 1. The lowest BCUT2D eigenvalue weighted by atomic mass is 9.91. The van der Waals surface area contributed by atoms with Crippen LogP contribution in [-0.2, 0) is 15.1 Å². The van der Waals surface area contributed by atoms with Crippen LogP contribution in [0.4, 0.5) is 0 Å². The largest absolute Gasteiger partial charge is 0.508 e. The van der Waals surface area contributed by atoms with Crippen molar-refractivity contribution < 1.29 is 19.4 Å². The summed E-state index contributed by atoms with van der Waals surface area (Å²) in [6.45, 7) is 2.33. The van der Waals surface area contributed by atoms with E-state index < -0.39 is 5.54 Å². The molecule has 1 heterocycles. The van der Waals surface area contributed by atoms with Crippen LogP contribution < -0.4 is 10.1 Å². The molecular formula is C14H17NO4. The van der Waals surface area contributed by atoms with E-state index in [1.807, 2.05) is 0 Å². The number of ether oxygens (including phenoxy) is 2. The molecule has 1 aliphatic heterocycles. The van der Waals surface area contributed by atoms with Gasteiger partial charge < -0.3 is 14.6 Å². The summed E-state index contributed by atoms with van der Waals surface area (Å²) in [5.74, 6) is 0.359. The van der Waals surface area contributed by atoms with Gasteiger partial charge in [0.15, 0.2) is 5.54 Å². The number of rotatable bonds is 4. The maximum Gasteiger partial charge on any atom is 0.334 e. The number of carbonyl (C=O) groups is 1. The average Bonchev–Trinajstić information content (AvgIpc) is 3.12. The molecule has 0 radical (unpaired) electrons. The Hall–Kier alpha value is -1.75. The topological polar surface area (TPSA) is 67.8 Å². The van der Waals surface area contributed by atoms with Crippen molar-refractivity contribution in [3.63, 3.8) is 0 Å². The van der Waals surface area contributed by atoms with Crippen LogP contribution in [-0.4, -0.2) is 30.3 Å². The summed E-state index contributed by atoms with van der Waals surface area (Å²) < 4.78 is 10.8. The Bertz CT molecular complexity index is 512. The zero-order valence-corrected chi connectivity index (χ0v) is 10.8. The van der Waals surface area contributed by atoms with Crippen molar-refractivity contribution in [3.8, 4) is 11.5 Å². The van der Waals surface area contributed by atoms with E-state index >= 15 is 0 Å². The van der Waals surface area contributed by atoms with Gasteiger partial charge in [-0.3, -0.25) is 5.32 Å². The monoisotopic (exact) mass is 263 g/mol. The lowest BCUT2D eigenvalue weighted by Crippen LogP contribution is -2.52. The zero-order chi connectivity index (χ0) is 13.5. The Kier molecular flexibility index (Phi) is 2.86. The van der Waals surface area contributed by atoms with Gasteiger partial charge in [-0.15, -0.1) is 0 Å². The number of hydrogen-bond donors (Lipinski definition) is 2. The number of esters is 1. The quantitative estimate of drug-likeness (QED) is 0.801. The highest BCUT2D eigenvalue weighted by atomic mass is 16.5. The van der Waals surface area contributed by atoms with E-state index in [2.05, 4.69) is 5.32 Å². The smallest absolute Gasteiger partial charge is 0.334 e. The molecule has 1 aromatic rings. The lowest BCUT2D eigenvalue weighted by Gasteiger charge is -2.27. The third kappa shape index (κ3) is 2.04. The molecule has 0 aromatic heterocycles. The highest BCUT2D eigenvalue weighted by Gasteiger charge is 2.51. The zero-order valence-electron chi connectivity index (χ0n) is 10.8. The molecule has 5 nitrogen and oxygen atoms in total. The third-order valence-electron chi connectivity index (χ3n) is 3.52. The molecule has 0 bridgehead atoms. The first-order valence-electron chi connectivity index (χ1n) is 6.57. The van der Waals surface area contributed by atoms with Crippen LogP contribution in [0, 0.1) is 0 Å². The minimum Gasteiger partial charge on any atom is -0.508 e. The van der Waals surface area contributed by atoms with Gasteiger partial charge in [0, 0.05) is 17.7 Å². The molecule has 0 spiro atoms. The molecule has 1 aliphatic carbocycles. The van der Waals surface area contributed by atoms with Gasteiger partial charge in [0.1, 0.15) is 18.1 Å². The number of hydrogen-bond acceptors (Lipinski definition) is 5. The Morgan fingerprint density at radius 1 is 1.58 bits per heavy atom. The van der Waals surface area contributed by atoms with Crippen molar-refractivity contribution in [3.05, 3.63) is 23.8 Å². The van der Waals surface area contributed by atoms with Crippen LogP contribution >= 0.6 is 0 Å². The molecule has 1 unspecified atom stereocenters. The van der Waals surface area contributed by atoms with E-state index in [9.17, 15) is 9.90 Å². The van der Waals surface area contributed by atoms with E-state index in [4.69, 9.17) is 9.47 Å². The van der Waals surface area contributed by atoms with E-state index in [0.29, 0.717) is 18.4 Å². The van der Waals surface area contributed by atoms with Gasteiger partial charge >= 0.3 is 5.97 Å². The first kappa shape index (κ1) is 12.3. The second-order valence-corrected chi connectivity index (χ2v) is 5.01. The summed E-state index contributed by atoms with van der Waals surface area (Å²) in [7, 11) is 0. The molecule has 2 aliphatic rings. The number of aromatic hydroxyl groups is 1. The van der Waals surface area contributed by atoms with Gasteiger partial charge in [0.05, 0.1) is 6.61 Å². The van der Waals surface area contributed by atoms with Crippen LogP contribution in [0.5, 0.6) is 11.5 Å². The maximum absolute atomic E-state index is 12.4. The second kappa shape index (κ2) is 4.42. The van der Waals surface area contributed by atoms with E-state index in [1.54, 1.807) is 19.1 Å². The summed E-state index contributed by atoms with van der Waals surface area (Å²) in [6.07, 6.45) is 2.13. The number of carbonyl (C=O) groups excluding carboxylic acids is 1. The van der Waals surface area contributed by atoms with Crippen LogP contribution in [0.25, 0.3) is 0 Å². The average molecular weight is 263 g/mol. The van der Waals surface area contributed by atoms with Crippen LogP contribution in [0.1, 0.15) is 25.3 Å². The predicted octanol–water partition coefficient (Wildman–Crippen LogP) is 1.29. The van der Waals surface area contributed by atoms with Crippen LogP contribution in [0.15, 0.2) is 18.2 Å². The van der Waals surface area contributed by atoms with Gasteiger partial charge in [-0.1, -0.05) is 0 Å². The van der Waals surface area contributed by atoms with Gasteiger partial charge in [0.2, 0.25) is 0 Å². The Morgan fingerprint density at radius 3 is 3.05 bits per heavy atom. The van der Waals surface area contributed by atoms with Crippen molar-refractivity contribution in [2.45, 2.75) is 31.3 Å². The number of fused-ring (bicyclic) bond motifs is 1. The summed E-state index contributed by atoms with van der Waals surface area (Å²) in [5, 5.41) is 12.8. The van der Waals surface area contributed by atoms with Crippen molar-refractivity contribution in [2.75, 3.05) is 13.2 Å². The standard InChI is InChI=1S/C14H17NO4/c1-2-18-13(17)14(15-9-3-4-9)8-19-12-7-10(16)5-6-11(12)14/h5-7,9,15-16H,2-4,8H2,1H3. The molecule has 0 saturated heterocycles. The number of benzene rings is 1. The highest BCUT2D eigenvalue weighted by Crippen LogP contribution is 2.41. The predicted molar refractivity (Wildman–Crippen MR) is 68.1 cm³/mol. The molecule has 1 fully saturated rings. The van der Waals surface area contributed by atoms with Crippen molar-refractivity contribution >= 4 is 5.97 Å². The lowest BCUT2D eigenvalue weighted by molar-refractivity contribution is -0.152. The molecule has 5 heteroatoms. The van der Waals surface area contributed by atoms with Crippen LogP contribution in [0.3, 0.4) is 0 Å². The van der Waals surface area contributed by atoms with E-state index in [1.165, 1.54) is 6.07 Å². The first-order valence-corrected chi connectivity index (χ1v) is 6.57. The van der Waals surface area contributed by atoms with E-state index in [0.717, 1.165) is 18.4 Å². The van der Waals surface area contributed by atoms with Crippen molar-refractivity contribution in [2.24, 2.45) is 0 Å². The van der Waals surface area contributed by atoms with Crippen molar-refractivity contribution in [1.82, 2.24) is 5.32 Å². The minimum absolute atomic E-state index is 0.129. The molecule has 1 atom stereocenters. The summed E-state index contributed by atoms with van der Waals surface area (Å²) in [5.41, 5.74) is -0.184. The molecule has 1 aromatic carbocycles. The van der Waals surface area contributed by atoms with Gasteiger partial charge in [0.25, 0.3) is 0 Å². The normalized spacial score (nSPS) is 24.7. The first-order chi connectivity index (χ1) is 9.15. The summed E-state index contributed by atoms with van der Waals surface area (Å²) in [6, 6.07) is 5.16. The maximum atomic E-state index is 12.4. The Balaban J connectivity index is 1.99. The minimum atomic E-state index is -0.930. The molecular weight excluding hydrogens is 246 g/mol.